The number of carbonyl (C=O) groups is 1. The lowest BCUT2D eigenvalue weighted by atomic mass is 10.0. The Morgan fingerprint density at radius 2 is 2.12 bits per heavy atom. The van der Waals surface area contributed by atoms with Crippen molar-refractivity contribution < 1.29 is 14.6 Å². The molecule has 1 heterocycles. The summed E-state index contributed by atoms with van der Waals surface area (Å²) in [4.78, 5) is 9.60. The number of piperidine rings is 1. The molecule has 0 bridgehead atoms. The van der Waals surface area contributed by atoms with E-state index >= 15 is 0 Å². The summed E-state index contributed by atoms with van der Waals surface area (Å²) in [7, 11) is 0. The molecule has 96 valence electrons. The van der Waals surface area contributed by atoms with Gasteiger partial charge in [-0.15, -0.1) is 0 Å². The Morgan fingerprint density at radius 3 is 2.38 bits per heavy atom. The van der Waals surface area contributed by atoms with Crippen molar-refractivity contribution in [2.45, 2.75) is 51.3 Å². The summed E-state index contributed by atoms with van der Waals surface area (Å²) in [5.41, 5.74) is 5.29. The summed E-state index contributed by atoms with van der Waals surface area (Å²) >= 11 is 0. The first-order valence-corrected chi connectivity index (χ1v) is 5.60. The molecule has 0 saturated carbocycles. The Bertz CT molecular complexity index is 184. The lowest BCUT2D eigenvalue weighted by Gasteiger charge is -2.25. The van der Waals surface area contributed by atoms with Crippen LogP contribution in [0.5, 0.6) is 0 Å². The van der Waals surface area contributed by atoms with Gasteiger partial charge in [-0.3, -0.25) is 4.79 Å². The topological polar surface area (TPSA) is 84.6 Å². The highest BCUT2D eigenvalue weighted by molar-refractivity contribution is 5.37. The van der Waals surface area contributed by atoms with Crippen LogP contribution in [-0.2, 0) is 9.53 Å². The maximum Gasteiger partial charge on any atom is 0.293 e. The Hall–Kier alpha value is -0.650. The van der Waals surface area contributed by atoms with E-state index in [1.807, 2.05) is 20.8 Å². The van der Waals surface area contributed by atoms with Gasteiger partial charge in [0.2, 0.25) is 0 Å². The molecule has 0 aliphatic carbocycles. The van der Waals surface area contributed by atoms with Gasteiger partial charge in [0.25, 0.3) is 6.47 Å². The zero-order valence-corrected chi connectivity index (χ0v) is 10.4. The molecule has 0 aromatic rings. The molecule has 1 fully saturated rings. The summed E-state index contributed by atoms with van der Waals surface area (Å²) in [5, 5.41) is 11.8. The largest absolute Gasteiger partial charge is 0.462 e. The predicted molar refractivity (Wildman–Crippen MR) is 63.0 cm³/mol. The van der Waals surface area contributed by atoms with Gasteiger partial charge < -0.3 is 20.9 Å². The minimum atomic E-state index is -0.318. The molecule has 1 aliphatic rings. The first-order valence-electron chi connectivity index (χ1n) is 5.60. The maximum absolute atomic E-state index is 9.60. The van der Waals surface area contributed by atoms with Crippen molar-refractivity contribution in [1.29, 1.82) is 0 Å². The monoisotopic (exact) mass is 232 g/mol. The van der Waals surface area contributed by atoms with E-state index in [9.17, 15) is 4.79 Å². The highest BCUT2D eigenvalue weighted by Gasteiger charge is 2.15. The summed E-state index contributed by atoms with van der Waals surface area (Å²) in [6, 6.07) is 0.595. The number of hydrogen-bond donors (Lipinski definition) is 3. The van der Waals surface area contributed by atoms with Crippen molar-refractivity contribution in [3.05, 3.63) is 0 Å². The Morgan fingerprint density at radius 1 is 1.50 bits per heavy atom. The molecule has 5 heteroatoms. The Balaban J connectivity index is 0.000000293. The van der Waals surface area contributed by atoms with E-state index in [2.05, 4.69) is 10.1 Å². The minimum Gasteiger partial charge on any atom is -0.462 e. The number of hydrogen-bond acceptors (Lipinski definition) is 5. The quantitative estimate of drug-likeness (QED) is 0.584. The van der Waals surface area contributed by atoms with E-state index in [4.69, 9.17) is 10.8 Å². The summed E-state index contributed by atoms with van der Waals surface area (Å²) in [6.45, 7) is 7.02. The van der Waals surface area contributed by atoms with Crippen LogP contribution in [0.25, 0.3) is 0 Å². The number of ether oxygens (including phenoxy) is 1. The van der Waals surface area contributed by atoms with Gasteiger partial charge in [-0.25, -0.2) is 0 Å². The fourth-order valence-corrected chi connectivity index (χ4v) is 1.24. The van der Waals surface area contributed by atoms with Crippen LogP contribution in [0.3, 0.4) is 0 Å². The van der Waals surface area contributed by atoms with Crippen molar-refractivity contribution in [2.75, 3.05) is 13.2 Å². The van der Waals surface area contributed by atoms with Crippen LogP contribution in [0.1, 0.15) is 33.6 Å². The van der Waals surface area contributed by atoms with Crippen LogP contribution in [-0.4, -0.2) is 42.4 Å². The number of carbonyl (C=O) groups excluding carboxylic acids is 1. The maximum atomic E-state index is 9.60. The van der Waals surface area contributed by atoms with E-state index in [1.165, 1.54) is 0 Å². The first kappa shape index (κ1) is 15.3. The molecule has 16 heavy (non-hydrogen) atoms. The summed E-state index contributed by atoms with van der Waals surface area (Å²) < 4.78 is 4.55. The predicted octanol–water partition coefficient (Wildman–Crippen LogP) is 0.0159. The molecular formula is C11H24N2O3. The lowest BCUT2D eigenvalue weighted by Crippen LogP contribution is -2.46. The highest BCUT2D eigenvalue weighted by atomic mass is 16.5. The molecular weight excluding hydrogens is 208 g/mol. The fourth-order valence-electron chi connectivity index (χ4n) is 1.24. The fraction of sp³-hybridized carbons (Fsp3) is 0.909. The van der Waals surface area contributed by atoms with Gasteiger partial charge in [0.1, 0.15) is 5.60 Å². The molecule has 1 aliphatic heterocycles. The molecule has 0 aromatic heterocycles. The van der Waals surface area contributed by atoms with Gasteiger partial charge in [-0.2, -0.15) is 0 Å². The summed E-state index contributed by atoms with van der Waals surface area (Å²) in [6.07, 6.45) is 2.05. The normalized spacial score (nSPS) is 25.3. The van der Waals surface area contributed by atoms with E-state index < -0.39 is 0 Å². The highest BCUT2D eigenvalue weighted by Crippen LogP contribution is 2.04. The zero-order chi connectivity index (χ0) is 12.6. The molecule has 2 unspecified atom stereocenters. The molecule has 5 nitrogen and oxygen atoms in total. The standard InChI is InChI=1S/C6H14N2O.C5H10O2/c7-5-1-2-6(4-9)8-3-5;1-5(2,3)7-4-6/h5-6,8-9H,1-4,7H2;4H,1-3H3. The average molecular weight is 232 g/mol. The second-order valence-corrected chi connectivity index (χ2v) is 4.95. The van der Waals surface area contributed by atoms with E-state index in [-0.39, 0.29) is 12.2 Å². The zero-order valence-electron chi connectivity index (χ0n) is 10.4. The Kier molecular flexibility index (Phi) is 7.29. The van der Waals surface area contributed by atoms with Gasteiger partial charge in [-0.05, 0) is 33.6 Å². The smallest absolute Gasteiger partial charge is 0.293 e. The molecule has 1 rings (SSSR count). The summed E-state index contributed by atoms with van der Waals surface area (Å²) in [5.74, 6) is 0. The third-order valence-electron chi connectivity index (χ3n) is 2.18. The first-order chi connectivity index (χ1) is 7.39. The number of aliphatic hydroxyl groups is 1. The third kappa shape index (κ3) is 8.64. The molecule has 0 spiro atoms. The van der Waals surface area contributed by atoms with E-state index in [1.54, 1.807) is 0 Å². The number of nitrogens with one attached hydrogen (secondary N) is 1. The van der Waals surface area contributed by atoms with Crippen LogP contribution < -0.4 is 11.1 Å². The van der Waals surface area contributed by atoms with Crippen LogP contribution in [0.15, 0.2) is 0 Å². The van der Waals surface area contributed by atoms with Crippen molar-refractivity contribution >= 4 is 6.47 Å². The Labute approximate surface area is 97.3 Å². The van der Waals surface area contributed by atoms with Gasteiger partial charge in [0.05, 0.1) is 6.61 Å². The van der Waals surface area contributed by atoms with Crippen LogP contribution in [0, 0.1) is 0 Å². The molecule has 4 N–H and O–H groups in total. The molecule has 0 amide bonds. The third-order valence-corrected chi connectivity index (χ3v) is 2.18. The van der Waals surface area contributed by atoms with Gasteiger partial charge in [-0.1, -0.05) is 0 Å². The van der Waals surface area contributed by atoms with Crippen LogP contribution >= 0.6 is 0 Å². The average Bonchev–Trinajstić information content (AvgIpc) is 2.18. The van der Waals surface area contributed by atoms with Crippen LogP contribution in [0.4, 0.5) is 0 Å². The number of nitrogens with two attached hydrogens (primary N) is 1. The molecule has 2 atom stereocenters. The SMILES string of the molecule is CC(C)(C)OC=O.NC1CCC(CO)NC1. The minimum absolute atomic E-state index is 0.243. The molecule has 0 aromatic carbocycles. The van der Waals surface area contributed by atoms with Gasteiger partial charge >= 0.3 is 0 Å². The van der Waals surface area contributed by atoms with Crippen molar-refractivity contribution in [3.8, 4) is 0 Å². The van der Waals surface area contributed by atoms with E-state index in [0.29, 0.717) is 18.6 Å². The van der Waals surface area contributed by atoms with Crippen LogP contribution in [0.2, 0.25) is 0 Å². The van der Waals surface area contributed by atoms with Crippen molar-refractivity contribution in [1.82, 2.24) is 5.32 Å². The van der Waals surface area contributed by atoms with Gasteiger partial charge in [0.15, 0.2) is 0 Å². The second-order valence-electron chi connectivity index (χ2n) is 4.95. The van der Waals surface area contributed by atoms with Crippen molar-refractivity contribution in [2.24, 2.45) is 5.73 Å². The number of aliphatic hydroxyl groups excluding tert-OH is 1. The molecule has 0 radical (unpaired) electrons. The number of rotatable bonds is 2. The van der Waals surface area contributed by atoms with Crippen molar-refractivity contribution in [3.63, 3.8) is 0 Å². The second kappa shape index (κ2) is 7.60. The molecule has 1 saturated heterocycles. The van der Waals surface area contributed by atoms with Gasteiger partial charge in [0, 0.05) is 18.6 Å². The van der Waals surface area contributed by atoms with E-state index in [0.717, 1.165) is 19.4 Å². The lowest BCUT2D eigenvalue weighted by molar-refractivity contribution is -0.138.